The maximum absolute atomic E-state index is 10.8. The minimum Gasteiger partial charge on any atom is -0.303 e. The predicted octanol–water partition coefficient (Wildman–Crippen LogP) is 4.71. The molecule has 120 valence electrons. The molecule has 0 aliphatic rings. The van der Waals surface area contributed by atoms with Gasteiger partial charge < -0.3 is 9.59 Å². The molecule has 0 atom stereocenters. The first-order valence-electron chi connectivity index (χ1n) is 8.32. The van der Waals surface area contributed by atoms with Crippen molar-refractivity contribution < 1.29 is 9.59 Å². The van der Waals surface area contributed by atoms with E-state index in [0.717, 1.165) is 38.3 Å². The van der Waals surface area contributed by atoms with Crippen molar-refractivity contribution in [1.29, 1.82) is 0 Å². The van der Waals surface area contributed by atoms with Gasteiger partial charge in [0.15, 0.2) is 0 Å². The highest BCUT2D eigenvalue weighted by molar-refractivity contribution is 5.50. The molecular weight excluding hydrogens is 284 g/mol. The van der Waals surface area contributed by atoms with E-state index in [1.54, 1.807) is 0 Å². The van der Waals surface area contributed by atoms with Crippen molar-refractivity contribution in [2.45, 2.75) is 43.9 Å². The van der Waals surface area contributed by atoms with Gasteiger partial charge in [0.1, 0.15) is 12.6 Å². The zero-order valence-electron chi connectivity index (χ0n) is 13.5. The lowest BCUT2D eigenvalue weighted by Gasteiger charge is -2.35. The molecule has 23 heavy (non-hydrogen) atoms. The quantitative estimate of drug-likeness (QED) is 0.470. The van der Waals surface area contributed by atoms with E-state index in [-0.39, 0.29) is 5.41 Å². The maximum atomic E-state index is 10.8. The fourth-order valence-corrected chi connectivity index (χ4v) is 3.36. The van der Waals surface area contributed by atoms with Gasteiger partial charge in [0, 0.05) is 18.3 Å². The molecule has 0 saturated carbocycles. The largest absolute Gasteiger partial charge is 0.303 e. The number of benzene rings is 2. The standard InChI is InChI=1S/C21H24O2/c22-17-9-7-15-21(16-8-10-18-23,19-11-3-1-4-12-19)20-13-5-2-6-14-20/h1-6,11-14,17-18H,7-10,15-16H2. The summed E-state index contributed by atoms with van der Waals surface area (Å²) in [4.78, 5) is 21.6. The molecule has 2 rings (SSSR count). The van der Waals surface area contributed by atoms with Gasteiger partial charge in [-0.05, 0) is 36.8 Å². The molecule has 0 heterocycles. The van der Waals surface area contributed by atoms with Gasteiger partial charge >= 0.3 is 0 Å². The van der Waals surface area contributed by atoms with Crippen LogP contribution in [0.5, 0.6) is 0 Å². The highest BCUT2D eigenvalue weighted by Crippen LogP contribution is 2.41. The lowest BCUT2D eigenvalue weighted by atomic mass is 9.68. The molecule has 0 N–H and O–H groups in total. The SMILES string of the molecule is O=CCCCC(CCCC=O)(c1ccccc1)c1ccccc1. The van der Waals surface area contributed by atoms with E-state index in [0.29, 0.717) is 12.8 Å². The van der Waals surface area contributed by atoms with Crippen LogP contribution >= 0.6 is 0 Å². The second-order valence-corrected chi connectivity index (χ2v) is 5.93. The Kier molecular flexibility index (Phi) is 6.74. The summed E-state index contributed by atoms with van der Waals surface area (Å²) in [5.74, 6) is 0. The molecule has 0 unspecified atom stereocenters. The third kappa shape index (κ3) is 4.38. The zero-order valence-corrected chi connectivity index (χ0v) is 13.5. The molecule has 0 aliphatic heterocycles. The number of carbonyl (C=O) groups is 2. The van der Waals surface area contributed by atoms with Crippen molar-refractivity contribution in [2.24, 2.45) is 0 Å². The van der Waals surface area contributed by atoms with Crippen molar-refractivity contribution in [3.05, 3.63) is 71.8 Å². The molecule has 0 saturated heterocycles. The molecule has 0 radical (unpaired) electrons. The van der Waals surface area contributed by atoms with E-state index in [1.165, 1.54) is 11.1 Å². The Labute approximate surface area is 138 Å². The predicted molar refractivity (Wildman–Crippen MR) is 93.5 cm³/mol. The number of hydrogen-bond acceptors (Lipinski definition) is 2. The third-order valence-corrected chi connectivity index (χ3v) is 4.50. The molecule has 0 bridgehead atoms. The lowest BCUT2D eigenvalue weighted by Crippen LogP contribution is -2.28. The summed E-state index contributed by atoms with van der Waals surface area (Å²) < 4.78 is 0. The second kappa shape index (κ2) is 9.04. The topological polar surface area (TPSA) is 34.1 Å². The van der Waals surface area contributed by atoms with Crippen LogP contribution in [0.4, 0.5) is 0 Å². The first-order chi connectivity index (χ1) is 11.3. The van der Waals surface area contributed by atoms with E-state index in [9.17, 15) is 9.59 Å². The minimum atomic E-state index is -0.130. The van der Waals surface area contributed by atoms with Crippen LogP contribution in [0.2, 0.25) is 0 Å². The molecule has 0 spiro atoms. The van der Waals surface area contributed by atoms with Crippen LogP contribution in [0.1, 0.15) is 49.7 Å². The van der Waals surface area contributed by atoms with Gasteiger partial charge in [0.2, 0.25) is 0 Å². The van der Waals surface area contributed by atoms with E-state index in [4.69, 9.17) is 0 Å². The van der Waals surface area contributed by atoms with Gasteiger partial charge in [0.05, 0.1) is 0 Å². The molecule has 0 amide bonds. The first kappa shape index (κ1) is 17.1. The molecule has 0 aliphatic carbocycles. The fourth-order valence-electron chi connectivity index (χ4n) is 3.36. The van der Waals surface area contributed by atoms with Gasteiger partial charge in [-0.15, -0.1) is 0 Å². The summed E-state index contributed by atoms with van der Waals surface area (Å²) in [7, 11) is 0. The van der Waals surface area contributed by atoms with Gasteiger partial charge in [-0.2, -0.15) is 0 Å². The monoisotopic (exact) mass is 308 g/mol. The van der Waals surface area contributed by atoms with E-state index < -0.39 is 0 Å². The van der Waals surface area contributed by atoms with Crippen molar-refractivity contribution in [1.82, 2.24) is 0 Å². The highest BCUT2D eigenvalue weighted by atomic mass is 16.1. The Morgan fingerprint density at radius 2 is 1.04 bits per heavy atom. The van der Waals surface area contributed by atoms with Crippen LogP contribution in [0.3, 0.4) is 0 Å². The number of rotatable bonds is 10. The third-order valence-electron chi connectivity index (χ3n) is 4.50. The number of unbranched alkanes of at least 4 members (excludes halogenated alkanes) is 2. The average molecular weight is 308 g/mol. The Morgan fingerprint density at radius 3 is 1.39 bits per heavy atom. The lowest BCUT2D eigenvalue weighted by molar-refractivity contribution is -0.108. The summed E-state index contributed by atoms with van der Waals surface area (Å²) in [5, 5.41) is 0. The molecule has 0 fully saturated rings. The summed E-state index contributed by atoms with van der Waals surface area (Å²) in [6.07, 6.45) is 6.68. The zero-order chi connectivity index (χ0) is 16.4. The Morgan fingerprint density at radius 1 is 0.652 bits per heavy atom. The van der Waals surface area contributed by atoms with Crippen LogP contribution in [-0.4, -0.2) is 12.6 Å². The number of carbonyl (C=O) groups excluding carboxylic acids is 2. The summed E-state index contributed by atoms with van der Waals surface area (Å²) in [6.45, 7) is 0. The molecule has 2 aromatic rings. The first-order valence-corrected chi connectivity index (χ1v) is 8.32. The van der Waals surface area contributed by atoms with Crippen LogP contribution in [0.25, 0.3) is 0 Å². The average Bonchev–Trinajstić information content (AvgIpc) is 2.62. The normalized spacial score (nSPS) is 11.1. The Hall–Kier alpha value is -2.22. The van der Waals surface area contributed by atoms with Crippen molar-refractivity contribution in [3.63, 3.8) is 0 Å². The minimum absolute atomic E-state index is 0.130. The van der Waals surface area contributed by atoms with E-state index in [2.05, 4.69) is 48.5 Å². The van der Waals surface area contributed by atoms with Crippen LogP contribution in [0, 0.1) is 0 Å². The second-order valence-electron chi connectivity index (χ2n) is 5.93. The van der Waals surface area contributed by atoms with E-state index >= 15 is 0 Å². The summed E-state index contributed by atoms with van der Waals surface area (Å²) in [5.41, 5.74) is 2.40. The van der Waals surface area contributed by atoms with Gasteiger partial charge in [-0.25, -0.2) is 0 Å². The maximum Gasteiger partial charge on any atom is 0.119 e. The smallest absolute Gasteiger partial charge is 0.119 e. The van der Waals surface area contributed by atoms with Crippen molar-refractivity contribution in [2.75, 3.05) is 0 Å². The van der Waals surface area contributed by atoms with Crippen molar-refractivity contribution in [3.8, 4) is 0 Å². The number of aldehydes is 2. The molecule has 2 aromatic carbocycles. The van der Waals surface area contributed by atoms with Gasteiger partial charge in [-0.1, -0.05) is 60.7 Å². The number of hydrogen-bond donors (Lipinski definition) is 0. The molecule has 2 nitrogen and oxygen atoms in total. The van der Waals surface area contributed by atoms with Crippen molar-refractivity contribution >= 4 is 12.6 Å². The van der Waals surface area contributed by atoms with Gasteiger partial charge in [-0.3, -0.25) is 0 Å². The van der Waals surface area contributed by atoms with Crippen LogP contribution < -0.4 is 0 Å². The highest BCUT2D eigenvalue weighted by Gasteiger charge is 2.32. The molecular formula is C21H24O2. The fraction of sp³-hybridized carbons (Fsp3) is 0.333. The summed E-state index contributed by atoms with van der Waals surface area (Å²) in [6, 6.07) is 20.9. The van der Waals surface area contributed by atoms with Crippen LogP contribution in [0.15, 0.2) is 60.7 Å². The van der Waals surface area contributed by atoms with E-state index in [1.807, 2.05) is 12.1 Å². The van der Waals surface area contributed by atoms with Crippen LogP contribution in [-0.2, 0) is 15.0 Å². The molecule has 0 aromatic heterocycles. The Balaban J connectivity index is 2.43. The van der Waals surface area contributed by atoms with Gasteiger partial charge in [0.25, 0.3) is 0 Å². The molecule has 2 heteroatoms. The Bertz CT molecular complexity index is 534. The summed E-state index contributed by atoms with van der Waals surface area (Å²) >= 11 is 0.